The molecule has 0 aliphatic carbocycles. The molecule has 0 amide bonds. The Hall–Kier alpha value is -1.51. The molecule has 0 saturated carbocycles. The van der Waals surface area contributed by atoms with Crippen molar-refractivity contribution in [3.05, 3.63) is 23.8 Å². The summed E-state index contributed by atoms with van der Waals surface area (Å²) in [7, 11) is 0. The highest BCUT2D eigenvalue weighted by Gasteiger charge is 2.06. The third-order valence-electron chi connectivity index (χ3n) is 2.17. The van der Waals surface area contributed by atoms with Gasteiger partial charge in [-0.05, 0) is 24.6 Å². The molecule has 0 fully saturated rings. The number of carbonyl (C=O) groups is 1. The summed E-state index contributed by atoms with van der Waals surface area (Å²) >= 11 is 0. The lowest BCUT2D eigenvalue weighted by Crippen LogP contribution is -2.02. The summed E-state index contributed by atoms with van der Waals surface area (Å²) in [5.41, 5.74) is 12.8. The highest BCUT2D eigenvalue weighted by atomic mass is 16.1. The minimum Gasteiger partial charge on any atom is -0.397 e. The monoisotopic (exact) mass is 192 g/mol. The van der Waals surface area contributed by atoms with Gasteiger partial charge in [-0.15, -0.1) is 0 Å². The van der Waals surface area contributed by atoms with Crippen molar-refractivity contribution in [3.8, 4) is 0 Å². The van der Waals surface area contributed by atoms with E-state index < -0.39 is 0 Å². The molecule has 0 atom stereocenters. The molecule has 0 heterocycles. The Morgan fingerprint density at radius 3 is 2.57 bits per heavy atom. The van der Waals surface area contributed by atoms with E-state index in [0.717, 1.165) is 12.8 Å². The van der Waals surface area contributed by atoms with E-state index in [-0.39, 0.29) is 5.78 Å². The van der Waals surface area contributed by atoms with E-state index in [2.05, 4.69) is 6.92 Å². The van der Waals surface area contributed by atoms with Gasteiger partial charge in [0.2, 0.25) is 0 Å². The van der Waals surface area contributed by atoms with Gasteiger partial charge in [-0.3, -0.25) is 4.79 Å². The third-order valence-corrected chi connectivity index (χ3v) is 2.17. The van der Waals surface area contributed by atoms with E-state index in [4.69, 9.17) is 11.5 Å². The molecule has 0 saturated heterocycles. The fourth-order valence-corrected chi connectivity index (χ4v) is 1.23. The average Bonchev–Trinajstić information content (AvgIpc) is 2.18. The molecule has 3 nitrogen and oxygen atoms in total. The summed E-state index contributed by atoms with van der Waals surface area (Å²) < 4.78 is 0. The van der Waals surface area contributed by atoms with Gasteiger partial charge in [-0.2, -0.15) is 0 Å². The van der Waals surface area contributed by atoms with Crippen molar-refractivity contribution in [3.63, 3.8) is 0 Å². The van der Waals surface area contributed by atoms with Gasteiger partial charge >= 0.3 is 0 Å². The molecule has 4 N–H and O–H groups in total. The molecule has 0 bridgehead atoms. The summed E-state index contributed by atoms with van der Waals surface area (Å²) in [6.45, 7) is 2.06. The molecule has 0 spiro atoms. The first-order valence-electron chi connectivity index (χ1n) is 4.83. The fraction of sp³-hybridized carbons (Fsp3) is 0.364. The van der Waals surface area contributed by atoms with Crippen LogP contribution in [0.4, 0.5) is 11.4 Å². The molecule has 0 unspecified atom stereocenters. The first-order chi connectivity index (χ1) is 6.65. The second-order valence-corrected chi connectivity index (χ2v) is 3.37. The van der Waals surface area contributed by atoms with Crippen molar-refractivity contribution in [1.82, 2.24) is 0 Å². The van der Waals surface area contributed by atoms with Crippen molar-refractivity contribution in [2.24, 2.45) is 0 Å². The van der Waals surface area contributed by atoms with Crippen LogP contribution in [0.3, 0.4) is 0 Å². The second kappa shape index (κ2) is 4.65. The topological polar surface area (TPSA) is 69.1 Å². The number of nitrogen functional groups attached to an aromatic ring is 2. The van der Waals surface area contributed by atoms with Gasteiger partial charge in [-0.25, -0.2) is 0 Å². The van der Waals surface area contributed by atoms with E-state index in [1.807, 2.05) is 0 Å². The molecule has 1 aromatic carbocycles. The lowest BCUT2D eigenvalue weighted by atomic mass is 10.0. The van der Waals surface area contributed by atoms with Gasteiger partial charge in [0.25, 0.3) is 0 Å². The van der Waals surface area contributed by atoms with Crippen LogP contribution in [0.2, 0.25) is 0 Å². The first-order valence-corrected chi connectivity index (χ1v) is 4.83. The van der Waals surface area contributed by atoms with Crippen LogP contribution in [0, 0.1) is 0 Å². The number of unbranched alkanes of at least 4 members (excludes halogenated alkanes) is 1. The maximum atomic E-state index is 11.6. The highest BCUT2D eigenvalue weighted by Crippen LogP contribution is 2.17. The van der Waals surface area contributed by atoms with Gasteiger partial charge in [0.05, 0.1) is 11.4 Å². The number of hydrogen-bond acceptors (Lipinski definition) is 3. The summed E-state index contributed by atoms with van der Waals surface area (Å²) in [5.74, 6) is 0.138. The molecular weight excluding hydrogens is 176 g/mol. The van der Waals surface area contributed by atoms with Crippen LogP contribution in [0.25, 0.3) is 0 Å². The quantitative estimate of drug-likeness (QED) is 0.567. The smallest absolute Gasteiger partial charge is 0.162 e. The lowest BCUT2D eigenvalue weighted by molar-refractivity contribution is 0.0980. The van der Waals surface area contributed by atoms with Crippen LogP contribution >= 0.6 is 0 Å². The molecule has 0 aromatic heterocycles. The van der Waals surface area contributed by atoms with Crippen molar-refractivity contribution >= 4 is 17.2 Å². The minimum atomic E-state index is 0.138. The number of rotatable bonds is 4. The second-order valence-electron chi connectivity index (χ2n) is 3.37. The van der Waals surface area contributed by atoms with Gasteiger partial charge in [0.15, 0.2) is 5.78 Å². The number of nitrogens with two attached hydrogens (primary N) is 2. The molecule has 76 valence electrons. The Bertz CT molecular complexity index is 334. The highest BCUT2D eigenvalue weighted by molar-refractivity contribution is 5.97. The summed E-state index contributed by atoms with van der Waals surface area (Å²) in [6.07, 6.45) is 2.53. The SMILES string of the molecule is CCCCC(=O)c1ccc(N)c(N)c1. The lowest BCUT2D eigenvalue weighted by Gasteiger charge is -2.03. The normalized spacial score (nSPS) is 10.1. The zero-order valence-corrected chi connectivity index (χ0v) is 8.42. The zero-order valence-electron chi connectivity index (χ0n) is 8.42. The molecule has 0 aliphatic heterocycles. The third kappa shape index (κ3) is 2.49. The largest absolute Gasteiger partial charge is 0.397 e. The Morgan fingerprint density at radius 1 is 1.29 bits per heavy atom. The first kappa shape index (κ1) is 10.6. The number of carbonyl (C=O) groups excluding carboxylic acids is 1. The van der Waals surface area contributed by atoms with E-state index in [1.165, 1.54) is 0 Å². The number of Topliss-reactive ketones (excluding diaryl/α,β-unsaturated/α-hetero) is 1. The van der Waals surface area contributed by atoms with E-state index in [0.29, 0.717) is 23.4 Å². The van der Waals surface area contributed by atoms with Crippen molar-refractivity contribution in [2.75, 3.05) is 11.5 Å². The fourth-order valence-electron chi connectivity index (χ4n) is 1.23. The maximum absolute atomic E-state index is 11.6. The predicted octanol–water partition coefficient (Wildman–Crippen LogP) is 2.22. The van der Waals surface area contributed by atoms with Crippen LogP contribution in [-0.2, 0) is 0 Å². The van der Waals surface area contributed by atoms with E-state index in [9.17, 15) is 4.79 Å². The number of anilines is 2. The van der Waals surface area contributed by atoms with Crippen LogP contribution in [0.1, 0.15) is 36.5 Å². The average molecular weight is 192 g/mol. The van der Waals surface area contributed by atoms with Crippen molar-refractivity contribution < 1.29 is 4.79 Å². The summed E-state index contributed by atoms with van der Waals surface area (Å²) in [5, 5.41) is 0. The summed E-state index contributed by atoms with van der Waals surface area (Å²) in [6, 6.07) is 5.05. The maximum Gasteiger partial charge on any atom is 0.162 e. The molecule has 14 heavy (non-hydrogen) atoms. The van der Waals surface area contributed by atoms with Crippen molar-refractivity contribution in [1.29, 1.82) is 0 Å². The number of hydrogen-bond donors (Lipinski definition) is 2. The Kier molecular flexibility index (Phi) is 3.51. The molecular formula is C11H16N2O. The van der Waals surface area contributed by atoms with Crippen LogP contribution in [0.5, 0.6) is 0 Å². The Labute approximate surface area is 84.1 Å². The van der Waals surface area contributed by atoms with E-state index in [1.54, 1.807) is 18.2 Å². The number of ketones is 1. The minimum absolute atomic E-state index is 0.138. The Morgan fingerprint density at radius 2 is 2.00 bits per heavy atom. The van der Waals surface area contributed by atoms with Crippen LogP contribution < -0.4 is 11.5 Å². The van der Waals surface area contributed by atoms with Gasteiger partial charge < -0.3 is 11.5 Å². The van der Waals surface area contributed by atoms with Gasteiger partial charge in [0, 0.05) is 12.0 Å². The Balaban J connectivity index is 2.76. The van der Waals surface area contributed by atoms with Gasteiger partial charge in [-0.1, -0.05) is 13.3 Å². The molecule has 1 rings (SSSR count). The molecule has 3 heteroatoms. The van der Waals surface area contributed by atoms with Gasteiger partial charge in [0.1, 0.15) is 0 Å². The molecule has 0 aliphatic rings. The molecule has 0 radical (unpaired) electrons. The van der Waals surface area contributed by atoms with E-state index >= 15 is 0 Å². The molecule has 1 aromatic rings. The summed E-state index contributed by atoms with van der Waals surface area (Å²) in [4.78, 5) is 11.6. The zero-order chi connectivity index (χ0) is 10.6. The standard InChI is InChI=1S/C11H16N2O/c1-2-3-4-11(14)8-5-6-9(12)10(13)7-8/h5-7H,2-4,12-13H2,1H3. The van der Waals surface area contributed by atoms with Crippen LogP contribution in [-0.4, -0.2) is 5.78 Å². The van der Waals surface area contributed by atoms with Crippen LogP contribution in [0.15, 0.2) is 18.2 Å². The van der Waals surface area contributed by atoms with Crippen molar-refractivity contribution in [2.45, 2.75) is 26.2 Å². The predicted molar refractivity (Wildman–Crippen MR) is 59.1 cm³/mol. The number of benzene rings is 1.